The highest BCUT2D eigenvalue weighted by atomic mass is 32.2. The van der Waals surface area contributed by atoms with E-state index in [0.717, 1.165) is 17.6 Å². The van der Waals surface area contributed by atoms with Gasteiger partial charge in [0, 0.05) is 6.54 Å². The van der Waals surface area contributed by atoms with Crippen LogP contribution in [-0.4, -0.2) is 14.7 Å². The first-order chi connectivity index (χ1) is 9.03. The maximum absolute atomic E-state index is 11.0. The number of benzene rings is 2. The van der Waals surface area contributed by atoms with Crippen LogP contribution < -0.4 is 9.46 Å². The second-order valence-corrected chi connectivity index (χ2v) is 5.99. The van der Waals surface area contributed by atoms with E-state index < -0.39 is 10.0 Å². The van der Waals surface area contributed by atoms with Crippen molar-refractivity contribution in [2.75, 3.05) is 6.26 Å². The van der Waals surface area contributed by atoms with Gasteiger partial charge in [-0.15, -0.1) is 0 Å². The quantitative estimate of drug-likeness (QED) is 0.913. The molecule has 2 rings (SSSR count). The highest BCUT2D eigenvalue weighted by molar-refractivity contribution is 7.88. The summed E-state index contributed by atoms with van der Waals surface area (Å²) in [4.78, 5) is 0. The van der Waals surface area contributed by atoms with E-state index in [-0.39, 0.29) is 6.54 Å². The second-order valence-electron chi connectivity index (χ2n) is 4.15. The van der Waals surface area contributed by atoms with E-state index >= 15 is 0 Å². The maximum atomic E-state index is 11.0. The molecule has 5 heteroatoms. The number of nitrogens with one attached hydrogen (secondary N) is 1. The van der Waals surface area contributed by atoms with Crippen LogP contribution in [-0.2, 0) is 16.6 Å². The number of ether oxygens (including phenoxy) is 1. The van der Waals surface area contributed by atoms with Gasteiger partial charge in [-0.3, -0.25) is 0 Å². The molecule has 4 nitrogen and oxygen atoms in total. The fourth-order valence-electron chi connectivity index (χ4n) is 1.51. The van der Waals surface area contributed by atoms with Crippen LogP contribution in [0.5, 0.6) is 11.5 Å². The minimum atomic E-state index is -3.16. The van der Waals surface area contributed by atoms with Gasteiger partial charge in [0.2, 0.25) is 10.0 Å². The molecule has 0 fully saturated rings. The fraction of sp³-hybridized carbons (Fsp3) is 0.143. The van der Waals surface area contributed by atoms with Gasteiger partial charge in [0.15, 0.2) is 0 Å². The molecule has 1 N–H and O–H groups in total. The molecule has 0 radical (unpaired) electrons. The van der Waals surface area contributed by atoms with E-state index in [1.807, 2.05) is 54.6 Å². The number of sulfonamides is 1. The lowest BCUT2D eigenvalue weighted by Crippen LogP contribution is -2.21. The van der Waals surface area contributed by atoms with Crippen LogP contribution in [0.1, 0.15) is 5.56 Å². The normalized spacial score (nSPS) is 11.2. The molecule has 0 aromatic heterocycles. The van der Waals surface area contributed by atoms with Crippen molar-refractivity contribution in [3.05, 3.63) is 60.2 Å². The first-order valence-electron chi connectivity index (χ1n) is 5.79. The van der Waals surface area contributed by atoms with Gasteiger partial charge in [0.1, 0.15) is 11.5 Å². The Morgan fingerprint density at radius 3 is 2.11 bits per heavy atom. The highest BCUT2D eigenvalue weighted by Gasteiger charge is 2.01. The first-order valence-corrected chi connectivity index (χ1v) is 7.68. The second kappa shape index (κ2) is 5.86. The Hall–Kier alpha value is -1.85. The third-order valence-electron chi connectivity index (χ3n) is 2.44. The van der Waals surface area contributed by atoms with Crippen LogP contribution in [0.3, 0.4) is 0 Å². The van der Waals surface area contributed by atoms with Crippen LogP contribution >= 0.6 is 0 Å². The maximum Gasteiger partial charge on any atom is 0.209 e. The van der Waals surface area contributed by atoms with Crippen molar-refractivity contribution in [1.29, 1.82) is 0 Å². The van der Waals surface area contributed by atoms with Crippen LogP contribution in [0.4, 0.5) is 0 Å². The molecule has 0 unspecified atom stereocenters. The zero-order valence-corrected chi connectivity index (χ0v) is 11.4. The van der Waals surface area contributed by atoms with E-state index in [4.69, 9.17) is 4.74 Å². The van der Waals surface area contributed by atoms with Crippen molar-refractivity contribution in [2.45, 2.75) is 6.54 Å². The minimum Gasteiger partial charge on any atom is -0.457 e. The standard InChI is InChI=1S/C14H15NO3S/c1-19(16,17)15-11-12-7-9-14(10-8-12)18-13-5-3-2-4-6-13/h2-10,15H,11H2,1H3. The lowest BCUT2D eigenvalue weighted by molar-refractivity contribution is 0.482. The van der Waals surface area contributed by atoms with Crippen molar-refractivity contribution in [1.82, 2.24) is 4.72 Å². The summed E-state index contributed by atoms with van der Waals surface area (Å²) >= 11 is 0. The molecule has 2 aromatic rings. The summed E-state index contributed by atoms with van der Waals surface area (Å²) in [6.07, 6.45) is 1.14. The van der Waals surface area contributed by atoms with Crippen molar-refractivity contribution in [2.24, 2.45) is 0 Å². The smallest absolute Gasteiger partial charge is 0.209 e. The Morgan fingerprint density at radius 2 is 1.53 bits per heavy atom. The van der Waals surface area contributed by atoms with Crippen LogP contribution in [0.25, 0.3) is 0 Å². The molecule has 19 heavy (non-hydrogen) atoms. The Morgan fingerprint density at radius 1 is 0.947 bits per heavy atom. The van der Waals surface area contributed by atoms with Gasteiger partial charge in [-0.1, -0.05) is 30.3 Å². The van der Waals surface area contributed by atoms with E-state index in [1.165, 1.54) is 0 Å². The van der Waals surface area contributed by atoms with Crippen LogP contribution in [0.2, 0.25) is 0 Å². The van der Waals surface area contributed by atoms with Gasteiger partial charge in [-0.05, 0) is 29.8 Å². The van der Waals surface area contributed by atoms with Gasteiger partial charge in [-0.25, -0.2) is 13.1 Å². The van der Waals surface area contributed by atoms with Gasteiger partial charge < -0.3 is 4.74 Å². The van der Waals surface area contributed by atoms with Crippen LogP contribution in [0, 0.1) is 0 Å². The van der Waals surface area contributed by atoms with Gasteiger partial charge in [-0.2, -0.15) is 0 Å². The van der Waals surface area contributed by atoms with Crippen molar-refractivity contribution >= 4 is 10.0 Å². The van der Waals surface area contributed by atoms with E-state index in [0.29, 0.717) is 5.75 Å². The molecular formula is C14H15NO3S. The topological polar surface area (TPSA) is 55.4 Å². The number of hydrogen-bond donors (Lipinski definition) is 1. The average molecular weight is 277 g/mol. The van der Waals surface area contributed by atoms with Crippen molar-refractivity contribution in [3.8, 4) is 11.5 Å². The molecular weight excluding hydrogens is 262 g/mol. The summed E-state index contributed by atoms with van der Waals surface area (Å²) in [6, 6.07) is 16.8. The Bertz CT molecular complexity index is 622. The van der Waals surface area contributed by atoms with Gasteiger partial charge in [0.05, 0.1) is 6.26 Å². The Kier molecular flexibility index (Phi) is 4.19. The number of hydrogen-bond acceptors (Lipinski definition) is 3. The summed E-state index contributed by atoms with van der Waals surface area (Å²) in [5.41, 5.74) is 0.880. The summed E-state index contributed by atoms with van der Waals surface area (Å²) in [7, 11) is -3.16. The largest absolute Gasteiger partial charge is 0.457 e. The predicted octanol–water partition coefficient (Wildman–Crippen LogP) is 2.53. The molecule has 0 saturated heterocycles. The molecule has 0 aliphatic carbocycles. The molecule has 100 valence electrons. The van der Waals surface area contributed by atoms with Crippen molar-refractivity contribution < 1.29 is 13.2 Å². The zero-order valence-electron chi connectivity index (χ0n) is 10.5. The molecule has 0 amide bonds. The lowest BCUT2D eigenvalue weighted by atomic mass is 10.2. The van der Waals surface area contributed by atoms with Crippen LogP contribution in [0.15, 0.2) is 54.6 Å². The van der Waals surface area contributed by atoms with Gasteiger partial charge >= 0.3 is 0 Å². The summed E-state index contributed by atoms with van der Waals surface area (Å²) in [5, 5.41) is 0. The summed E-state index contributed by atoms with van der Waals surface area (Å²) in [5.74, 6) is 1.49. The van der Waals surface area contributed by atoms with E-state index in [9.17, 15) is 8.42 Å². The fourth-order valence-corrected chi connectivity index (χ4v) is 1.94. The molecule has 2 aromatic carbocycles. The van der Waals surface area contributed by atoms with E-state index in [1.54, 1.807) is 0 Å². The average Bonchev–Trinajstić information content (AvgIpc) is 2.38. The monoisotopic (exact) mass is 277 g/mol. The molecule has 0 bridgehead atoms. The van der Waals surface area contributed by atoms with E-state index in [2.05, 4.69) is 4.72 Å². The van der Waals surface area contributed by atoms with Crippen molar-refractivity contribution in [3.63, 3.8) is 0 Å². The number of rotatable bonds is 5. The third kappa shape index (κ3) is 4.73. The zero-order chi connectivity index (χ0) is 13.7. The molecule has 0 spiro atoms. The minimum absolute atomic E-state index is 0.282. The number of para-hydroxylation sites is 1. The third-order valence-corrected chi connectivity index (χ3v) is 3.11. The molecule has 0 saturated carbocycles. The molecule has 0 aliphatic heterocycles. The molecule has 0 heterocycles. The Labute approximate surface area is 113 Å². The summed E-state index contributed by atoms with van der Waals surface area (Å²) in [6.45, 7) is 0.282. The predicted molar refractivity (Wildman–Crippen MR) is 74.6 cm³/mol. The molecule has 0 aliphatic rings. The lowest BCUT2D eigenvalue weighted by Gasteiger charge is -2.07. The van der Waals surface area contributed by atoms with Gasteiger partial charge in [0.25, 0.3) is 0 Å². The highest BCUT2D eigenvalue weighted by Crippen LogP contribution is 2.20. The Balaban J connectivity index is 1.99. The first kappa shape index (κ1) is 13.6. The molecule has 0 atom stereocenters. The summed E-state index contributed by atoms with van der Waals surface area (Å²) < 4.78 is 30.0. The SMILES string of the molecule is CS(=O)(=O)NCc1ccc(Oc2ccccc2)cc1.